The number of hydrogen-bond donors (Lipinski definition) is 1. The fourth-order valence-corrected chi connectivity index (χ4v) is 1.49. The minimum atomic E-state index is -0.120. The zero-order chi connectivity index (χ0) is 14.3. The van der Waals surface area contributed by atoms with Crippen LogP contribution in [0.15, 0.2) is 23.3 Å². The highest BCUT2D eigenvalue weighted by molar-refractivity contribution is 6.01. The smallest absolute Gasteiger partial charge is 0.239 e. The maximum atomic E-state index is 11.2. The Morgan fingerprint density at radius 2 is 2.11 bits per heavy atom. The molecule has 1 aromatic rings. The lowest BCUT2D eigenvalue weighted by molar-refractivity contribution is -0.120. The molecule has 0 bridgehead atoms. The number of benzene rings is 1. The fraction of sp³-hybridized carbons (Fsp3) is 0.429. The molecule has 1 aromatic carbocycles. The maximum absolute atomic E-state index is 11.2. The van der Waals surface area contributed by atoms with E-state index < -0.39 is 0 Å². The van der Waals surface area contributed by atoms with Gasteiger partial charge in [-0.1, -0.05) is 6.92 Å². The largest absolute Gasteiger partial charge is 0.497 e. The second-order valence-corrected chi connectivity index (χ2v) is 3.88. The second kappa shape index (κ2) is 7.41. The van der Waals surface area contributed by atoms with Crippen molar-refractivity contribution in [2.45, 2.75) is 27.2 Å². The summed E-state index contributed by atoms with van der Waals surface area (Å²) >= 11 is 0. The molecule has 1 amide bonds. The predicted molar refractivity (Wildman–Crippen MR) is 74.8 cm³/mol. The molecular weight excluding hydrogens is 244 g/mol. The highest BCUT2D eigenvalue weighted by atomic mass is 16.5. The van der Waals surface area contributed by atoms with Crippen LogP contribution < -0.4 is 14.9 Å². The van der Waals surface area contributed by atoms with Gasteiger partial charge in [0.15, 0.2) is 0 Å². The molecule has 0 fully saturated rings. The summed E-state index contributed by atoms with van der Waals surface area (Å²) in [6, 6.07) is 5.50. The Morgan fingerprint density at radius 3 is 2.68 bits per heavy atom. The Labute approximate surface area is 113 Å². The molecule has 1 N–H and O–H groups in total. The predicted octanol–water partition coefficient (Wildman–Crippen LogP) is 2.34. The van der Waals surface area contributed by atoms with Crippen LogP contribution in [-0.2, 0) is 4.79 Å². The standard InChI is InChI=1S/C14H20N2O3/c1-5-14(17)16-15-10(3)12-8-7-11(18-4)9-13(12)19-6-2/h7-9H,5-6H2,1-4H3,(H,16,17). The van der Waals surface area contributed by atoms with Gasteiger partial charge in [0.25, 0.3) is 0 Å². The molecule has 0 aliphatic carbocycles. The third-order valence-electron chi connectivity index (χ3n) is 2.55. The van der Waals surface area contributed by atoms with Crippen molar-refractivity contribution in [3.05, 3.63) is 23.8 Å². The molecule has 104 valence electrons. The van der Waals surface area contributed by atoms with E-state index in [9.17, 15) is 4.79 Å². The van der Waals surface area contributed by atoms with Gasteiger partial charge in [-0.05, 0) is 26.0 Å². The second-order valence-electron chi connectivity index (χ2n) is 3.88. The number of rotatable bonds is 6. The first kappa shape index (κ1) is 15.0. The molecule has 0 aliphatic heterocycles. The molecule has 0 spiro atoms. The summed E-state index contributed by atoms with van der Waals surface area (Å²) in [6.45, 7) is 6.06. The van der Waals surface area contributed by atoms with Gasteiger partial charge in [-0.3, -0.25) is 4.79 Å². The zero-order valence-electron chi connectivity index (χ0n) is 11.8. The summed E-state index contributed by atoms with van der Waals surface area (Å²) in [5.74, 6) is 1.29. The van der Waals surface area contributed by atoms with Crippen LogP contribution in [0.25, 0.3) is 0 Å². The molecule has 0 saturated heterocycles. The highest BCUT2D eigenvalue weighted by Gasteiger charge is 2.09. The van der Waals surface area contributed by atoms with Crippen molar-refractivity contribution in [1.82, 2.24) is 5.43 Å². The highest BCUT2D eigenvalue weighted by Crippen LogP contribution is 2.25. The third kappa shape index (κ3) is 4.28. The SMILES string of the molecule is CCOc1cc(OC)ccc1C(C)=NNC(=O)CC. The van der Waals surface area contributed by atoms with E-state index in [-0.39, 0.29) is 5.91 Å². The van der Waals surface area contributed by atoms with Crippen LogP contribution in [0.1, 0.15) is 32.8 Å². The van der Waals surface area contributed by atoms with Crippen LogP contribution >= 0.6 is 0 Å². The molecule has 0 aromatic heterocycles. The van der Waals surface area contributed by atoms with Crippen molar-refractivity contribution < 1.29 is 14.3 Å². The summed E-state index contributed by atoms with van der Waals surface area (Å²) < 4.78 is 10.7. The molecule has 0 atom stereocenters. The van der Waals surface area contributed by atoms with E-state index in [1.54, 1.807) is 20.1 Å². The first-order valence-electron chi connectivity index (χ1n) is 6.26. The number of nitrogens with one attached hydrogen (secondary N) is 1. The molecule has 0 aliphatic rings. The van der Waals surface area contributed by atoms with Gasteiger partial charge in [-0.25, -0.2) is 5.43 Å². The van der Waals surface area contributed by atoms with Crippen molar-refractivity contribution in [1.29, 1.82) is 0 Å². The Balaban J connectivity index is 3.00. The van der Waals surface area contributed by atoms with Crippen molar-refractivity contribution in [2.24, 2.45) is 5.10 Å². The molecule has 19 heavy (non-hydrogen) atoms. The van der Waals surface area contributed by atoms with Crippen molar-refractivity contribution in [3.63, 3.8) is 0 Å². The van der Waals surface area contributed by atoms with Crippen molar-refractivity contribution in [3.8, 4) is 11.5 Å². The van der Waals surface area contributed by atoms with Crippen molar-refractivity contribution >= 4 is 11.6 Å². The lowest BCUT2D eigenvalue weighted by Gasteiger charge is -2.11. The van der Waals surface area contributed by atoms with Gasteiger partial charge in [0.05, 0.1) is 19.4 Å². The van der Waals surface area contributed by atoms with E-state index in [1.165, 1.54) is 0 Å². The van der Waals surface area contributed by atoms with Crippen molar-refractivity contribution in [2.75, 3.05) is 13.7 Å². The summed E-state index contributed by atoms with van der Waals surface area (Å²) in [5.41, 5.74) is 4.01. The van der Waals surface area contributed by atoms with E-state index in [2.05, 4.69) is 10.5 Å². The minimum Gasteiger partial charge on any atom is -0.497 e. The van der Waals surface area contributed by atoms with Crippen LogP contribution in [0.5, 0.6) is 11.5 Å². The summed E-state index contributed by atoms with van der Waals surface area (Å²) in [5, 5.41) is 4.06. The Kier molecular flexibility index (Phi) is 5.85. The Bertz CT molecular complexity index is 470. The van der Waals surface area contributed by atoms with E-state index in [4.69, 9.17) is 9.47 Å². The molecule has 0 radical (unpaired) electrons. The molecule has 0 saturated carbocycles. The van der Waals surface area contributed by atoms with Gasteiger partial charge in [0.2, 0.25) is 5.91 Å². The molecule has 0 heterocycles. The van der Waals surface area contributed by atoms with E-state index >= 15 is 0 Å². The average Bonchev–Trinajstić information content (AvgIpc) is 2.44. The van der Waals surface area contributed by atoms with Crippen LogP contribution in [0.4, 0.5) is 0 Å². The molecule has 0 unspecified atom stereocenters. The first-order valence-corrected chi connectivity index (χ1v) is 6.26. The number of ether oxygens (including phenoxy) is 2. The number of hydrogen-bond acceptors (Lipinski definition) is 4. The fourth-order valence-electron chi connectivity index (χ4n) is 1.49. The molecule has 5 heteroatoms. The van der Waals surface area contributed by atoms with Crippen LogP contribution in [0, 0.1) is 0 Å². The van der Waals surface area contributed by atoms with E-state index in [0.29, 0.717) is 24.5 Å². The van der Waals surface area contributed by atoms with Gasteiger partial charge < -0.3 is 9.47 Å². The van der Waals surface area contributed by atoms with Gasteiger partial charge in [-0.15, -0.1) is 0 Å². The quantitative estimate of drug-likeness (QED) is 0.633. The topological polar surface area (TPSA) is 59.9 Å². The monoisotopic (exact) mass is 264 g/mol. The van der Waals surface area contributed by atoms with Gasteiger partial charge >= 0.3 is 0 Å². The number of hydrazone groups is 1. The Hall–Kier alpha value is -2.04. The van der Waals surface area contributed by atoms with Gasteiger partial charge in [0.1, 0.15) is 11.5 Å². The van der Waals surface area contributed by atoms with Gasteiger partial charge in [-0.2, -0.15) is 5.10 Å². The molecular formula is C14H20N2O3. The van der Waals surface area contributed by atoms with E-state index in [0.717, 1.165) is 11.3 Å². The first-order chi connectivity index (χ1) is 9.12. The lowest BCUT2D eigenvalue weighted by atomic mass is 10.1. The van der Waals surface area contributed by atoms with Crippen LogP contribution in [0.3, 0.4) is 0 Å². The summed E-state index contributed by atoms with van der Waals surface area (Å²) in [6.07, 6.45) is 0.401. The summed E-state index contributed by atoms with van der Waals surface area (Å²) in [7, 11) is 1.60. The van der Waals surface area contributed by atoms with Crippen LogP contribution in [-0.4, -0.2) is 25.3 Å². The third-order valence-corrected chi connectivity index (χ3v) is 2.55. The lowest BCUT2D eigenvalue weighted by Crippen LogP contribution is -2.18. The summed E-state index contributed by atoms with van der Waals surface area (Å²) in [4.78, 5) is 11.2. The minimum absolute atomic E-state index is 0.120. The van der Waals surface area contributed by atoms with Crippen LogP contribution in [0.2, 0.25) is 0 Å². The maximum Gasteiger partial charge on any atom is 0.239 e. The number of amides is 1. The molecule has 1 rings (SSSR count). The number of carbonyl (C=O) groups is 1. The zero-order valence-corrected chi connectivity index (χ0v) is 11.8. The number of carbonyl (C=O) groups excluding carboxylic acids is 1. The van der Waals surface area contributed by atoms with Gasteiger partial charge in [0, 0.05) is 18.1 Å². The Morgan fingerprint density at radius 1 is 1.37 bits per heavy atom. The average molecular weight is 264 g/mol. The molecule has 5 nitrogen and oxygen atoms in total. The normalized spacial score (nSPS) is 11.1. The number of methoxy groups -OCH3 is 1. The van der Waals surface area contributed by atoms with E-state index in [1.807, 2.05) is 26.0 Å². The number of nitrogens with zero attached hydrogens (tertiary/aromatic N) is 1.